The number of methoxy groups -OCH3 is 1. The Morgan fingerprint density at radius 1 is 1.42 bits per heavy atom. The van der Waals surface area contributed by atoms with Crippen molar-refractivity contribution in [2.75, 3.05) is 38.3 Å². The van der Waals surface area contributed by atoms with E-state index in [2.05, 4.69) is 28.2 Å². The third-order valence-corrected chi connectivity index (χ3v) is 3.81. The molecule has 0 saturated carbocycles. The van der Waals surface area contributed by atoms with Gasteiger partial charge >= 0.3 is 0 Å². The summed E-state index contributed by atoms with van der Waals surface area (Å²) in [5.74, 6) is 0.718. The lowest BCUT2D eigenvalue weighted by Crippen LogP contribution is -2.36. The summed E-state index contributed by atoms with van der Waals surface area (Å²) in [6.45, 7) is 7.17. The molecule has 1 fully saturated rings. The molecule has 0 amide bonds. The third kappa shape index (κ3) is 3.91. The summed E-state index contributed by atoms with van der Waals surface area (Å²) in [5, 5.41) is 3.40. The van der Waals surface area contributed by atoms with E-state index in [1.165, 1.54) is 24.1 Å². The molecule has 4 heteroatoms. The van der Waals surface area contributed by atoms with Crippen molar-refractivity contribution in [1.82, 2.24) is 10.3 Å². The molecule has 1 aliphatic heterocycles. The Hall–Kier alpha value is -1.13. The zero-order chi connectivity index (χ0) is 13.5. The average molecular weight is 263 g/mol. The summed E-state index contributed by atoms with van der Waals surface area (Å²) in [4.78, 5) is 6.75. The predicted octanol–water partition coefficient (Wildman–Crippen LogP) is 2.05. The maximum atomic E-state index is 5.26. The second-order valence-corrected chi connectivity index (χ2v) is 5.17. The van der Waals surface area contributed by atoms with Crippen LogP contribution in [0.15, 0.2) is 18.5 Å². The van der Waals surface area contributed by atoms with Gasteiger partial charge in [0.25, 0.3) is 0 Å². The van der Waals surface area contributed by atoms with Crippen molar-refractivity contribution in [3.05, 3.63) is 24.0 Å². The van der Waals surface area contributed by atoms with E-state index in [0.717, 1.165) is 38.7 Å². The van der Waals surface area contributed by atoms with Crippen molar-refractivity contribution in [2.24, 2.45) is 5.92 Å². The van der Waals surface area contributed by atoms with E-state index in [1.807, 2.05) is 12.4 Å². The van der Waals surface area contributed by atoms with Gasteiger partial charge in [0.2, 0.25) is 0 Å². The van der Waals surface area contributed by atoms with Crippen LogP contribution in [0.2, 0.25) is 0 Å². The molecular formula is C15H25N3O. The minimum atomic E-state index is 0.718. The monoisotopic (exact) mass is 263 g/mol. The molecule has 0 unspecified atom stereocenters. The first-order valence-electron chi connectivity index (χ1n) is 7.22. The van der Waals surface area contributed by atoms with Gasteiger partial charge in [0.1, 0.15) is 0 Å². The zero-order valence-corrected chi connectivity index (χ0v) is 12.1. The molecule has 1 aromatic rings. The molecule has 0 atom stereocenters. The predicted molar refractivity (Wildman–Crippen MR) is 78.4 cm³/mol. The molecule has 19 heavy (non-hydrogen) atoms. The fourth-order valence-corrected chi connectivity index (χ4v) is 2.69. The lowest BCUT2D eigenvalue weighted by atomic mass is 9.97. The SMILES string of the molecule is CCNCc1ccncc1N1CCC(COC)CC1. The second-order valence-electron chi connectivity index (χ2n) is 5.17. The van der Waals surface area contributed by atoms with Crippen LogP contribution in [0.3, 0.4) is 0 Å². The molecule has 1 saturated heterocycles. The van der Waals surface area contributed by atoms with Crippen LogP contribution in [0.1, 0.15) is 25.3 Å². The van der Waals surface area contributed by atoms with Gasteiger partial charge in [-0.1, -0.05) is 6.92 Å². The van der Waals surface area contributed by atoms with E-state index < -0.39 is 0 Å². The van der Waals surface area contributed by atoms with Crippen LogP contribution < -0.4 is 10.2 Å². The largest absolute Gasteiger partial charge is 0.384 e. The highest BCUT2D eigenvalue weighted by atomic mass is 16.5. The molecule has 1 aromatic heterocycles. The van der Waals surface area contributed by atoms with Crippen LogP contribution in [0.5, 0.6) is 0 Å². The Morgan fingerprint density at radius 2 is 2.21 bits per heavy atom. The van der Waals surface area contributed by atoms with Gasteiger partial charge in [0.15, 0.2) is 0 Å². The van der Waals surface area contributed by atoms with Crippen LogP contribution in [-0.2, 0) is 11.3 Å². The minimum absolute atomic E-state index is 0.718. The normalized spacial score (nSPS) is 16.8. The molecule has 0 aliphatic carbocycles. The van der Waals surface area contributed by atoms with E-state index in [1.54, 1.807) is 7.11 Å². The third-order valence-electron chi connectivity index (χ3n) is 3.81. The molecule has 0 aromatic carbocycles. The van der Waals surface area contributed by atoms with E-state index in [0.29, 0.717) is 0 Å². The standard InChI is InChI=1S/C15H25N3O/c1-3-16-10-14-4-7-17-11-15(14)18-8-5-13(6-9-18)12-19-2/h4,7,11,13,16H,3,5-6,8-10,12H2,1-2H3. The number of nitrogens with one attached hydrogen (secondary N) is 1. The molecule has 2 heterocycles. The van der Waals surface area contributed by atoms with E-state index >= 15 is 0 Å². The van der Waals surface area contributed by atoms with E-state index in [-0.39, 0.29) is 0 Å². The molecule has 4 nitrogen and oxygen atoms in total. The van der Waals surface area contributed by atoms with Crippen molar-refractivity contribution in [2.45, 2.75) is 26.3 Å². The highest BCUT2D eigenvalue weighted by Crippen LogP contribution is 2.25. The van der Waals surface area contributed by atoms with E-state index in [9.17, 15) is 0 Å². The second kappa shape index (κ2) is 7.46. The first kappa shape index (κ1) is 14.3. The number of piperidine rings is 1. The summed E-state index contributed by atoms with van der Waals surface area (Å²) in [6.07, 6.45) is 6.31. The average Bonchev–Trinajstić information content (AvgIpc) is 2.47. The number of rotatable bonds is 6. The highest BCUT2D eigenvalue weighted by molar-refractivity contribution is 5.52. The molecule has 0 bridgehead atoms. The fraction of sp³-hybridized carbons (Fsp3) is 0.667. The van der Waals surface area contributed by atoms with Crippen molar-refractivity contribution >= 4 is 5.69 Å². The topological polar surface area (TPSA) is 37.4 Å². The molecular weight excluding hydrogens is 238 g/mol. The van der Waals surface area contributed by atoms with E-state index in [4.69, 9.17) is 4.74 Å². The Balaban J connectivity index is 1.98. The van der Waals surface area contributed by atoms with Gasteiger partial charge in [-0.2, -0.15) is 0 Å². The molecule has 1 aliphatic rings. The maximum Gasteiger partial charge on any atom is 0.0598 e. The molecule has 106 valence electrons. The quantitative estimate of drug-likeness (QED) is 0.852. The smallest absolute Gasteiger partial charge is 0.0598 e. The first-order valence-corrected chi connectivity index (χ1v) is 7.22. The number of nitrogens with zero attached hydrogens (tertiary/aromatic N) is 2. The van der Waals surface area contributed by atoms with Crippen LogP contribution in [0.4, 0.5) is 5.69 Å². The molecule has 0 spiro atoms. The number of hydrogen-bond acceptors (Lipinski definition) is 4. The van der Waals surface area contributed by atoms with Gasteiger partial charge in [-0.05, 0) is 36.9 Å². The van der Waals surface area contributed by atoms with Gasteiger partial charge in [-0.25, -0.2) is 0 Å². The number of aromatic nitrogens is 1. The summed E-state index contributed by atoms with van der Waals surface area (Å²) >= 11 is 0. The Labute approximate surface area is 116 Å². The summed E-state index contributed by atoms with van der Waals surface area (Å²) in [5.41, 5.74) is 2.64. The van der Waals surface area contributed by atoms with Crippen LogP contribution in [0, 0.1) is 5.92 Å². The van der Waals surface area contributed by atoms with Gasteiger partial charge in [-0.15, -0.1) is 0 Å². The molecule has 2 rings (SSSR count). The summed E-state index contributed by atoms with van der Waals surface area (Å²) < 4.78 is 5.26. The Morgan fingerprint density at radius 3 is 2.89 bits per heavy atom. The maximum absolute atomic E-state index is 5.26. The summed E-state index contributed by atoms with van der Waals surface area (Å²) in [7, 11) is 1.79. The number of hydrogen-bond donors (Lipinski definition) is 1. The molecule has 1 N–H and O–H groups in total. The fourth-order valence-electron chi connectivity index (χ4n) is 2.69. The number of anilines is 1. The van der Waals surface area contributed by atoms with Crippen LogP contribution in [-0.4, -0.2) is 38.3 Å². The van der Waals surface area contributed by atoms with Crippen molar-refractivity contribution in [1.29, 1.82) is 0 Å². The van der Waals surface area contributed by atoms with Crippen molar-refractivity contribution < 1.29 is 4.74 Å². The van der Waals surface area contributed by atoms with Crippen molar-refractivity contribution in [3.63, 3.8) is 0 Å². The lowest BCUT2D eigenvalue weighted by molar-refractivity contribution is 0.139. The van der Waals surface area contributed by atoms with Gasteiger partial charge < -0.3 is 15.0 Å². The highest BCUT2D eigenvalue weighted by Gasteiger charge is 2.20. The van der Waals surface area contributed by atoms with Crippen LogP contribution >= 0.6 is 0 Å². The Bertz CT molecular complexity index is 375. The zero-order valence-electron chi connectivity index (χ0n) is 12.1. The summed E-state index contributed by atoms with van der Waals surface area (Å²) in [6, 6.07) is 2.12. The van der Waals surface area contributed by atoms with Gasteiger partial charge in [0, 0.05) is 39.5 Å². The van der Waals surface area contributed by atoms with Gasteiger partial charge in [-0.3, -0.25) is 4.98 Å². The minimum Gasteiger partial charge on any atom is -0.384 e. The van der Waals surface area contributed by atoms with Gasteiger partial charge in [0.05, 0.1) is 11.9 Å². The Kier molecular flexibility index (Phi) is 5.61. The molecule has 0 radical (unpaired) electrons. The lowest BCUT2D eigenvalue weighted by Gasteiger charge is -2.34. The van der Waals surface area contributed by atoms with Crippen molar-refractivity contribution in [3.8, 4) is 0 Å². The number of ether oxygens (including phenoxy) is 1. The first-order chi connectivity index (χ1) is 9.35. The number of pyridine rings is 1. The van der Waals surface area contributed by atoms with Crippen LogP contribution in [0.25, 0.3) is 0 Å².